The van der Waals surface area contributed by atoms with E-state index in [0.717, 1.165) is 5.69 Å². The number of benzene rings is 1. The van der Waals surface area contributed by atoms with Gasteiger partial charge in [-0.05, 0) is 39.0 Å². The molecule has 8 nitrogen and oxygen atoms in total. The van der Waals surface area contributed by atoms with Crippen molar-refractivity contribution in [1.29, 1.82) is 5.26 Å². The lowest BCUT2D eigenvalue weighted by molar-refractivity contribution is 0.0240. The Morgan fingerprint density at radius 3 is 2.54 bits per heavy atom. The summed E-state index contributed by atoms with van der Waals surface area (Å²) in [4.78, 5) is 24.2. The second-order valence-electron chi connectivity index (χ2n) is 7.36. The minimum atomic E-state index is -0.507. The van der Waals surface area contributed by atoms with Crippen LogP contribution in [0.3, 0.4) is 0 Å². The van der Waals surface area contributed by atoms with Crippen molar-refractivity contribution in [2.24, 2.45) is 0 Å². The summed E-state index contributed by atoms with van der Waals surface area (Å²) in [6.45, 7) is 8.00. The number of hydrogen-bond donors (Lipinski definition) is 0. The van der Waals surface area contributed by atoms with Crippen molar-refractivity contribution in [3.63, 3.8) is 0 Å². The highest BCUT2D eigenvalue weighted by atomic mass is 16.6. The number of aromatic nitrogens is 2. The summed E-state index contributed by atoms with van der Waals surface area (Å²) in [6.07, 6.45) is 1.20. The second-order valence-corrected chi connectivity index (χ2v) is 7.36. The molecule has 0 aliphatic carbocycles. The largest absolute Gasteiger partial charge is 0.444 e. The van der Waals surface area contributed by atoms with Crippen LogP contribution in [-0.4, -0.2) is 52.7 Å². The van der Waals surface area contributed by atoms with E-state index in [1.807, 2.05) is 51.1 Å². The van der Waals surface area contributed by atoms with Crippen LogP contribution in [0.2, 0.25) is 0 Å². The number of para-hydroxylation sites is 2. The van der Waals surface area contributed by atoms with Crippen LogP contribution in [0.4, 0.5) is 10.5 Å². The first-order chi connectivity index (χ1) is 13.4. The first-order valence-corrected chi connectivity index (χ1v) is 9.08. The van der Waals surface area contributed by atoms with Gasteiger partial charge in [-0.3, -0.25) is 0 Å². The Hall–Kier alpha value is -3.34. The van der Waals surface area contributed by atoms with Crippen LogP contribution in [0, 0.1) is 11.3 Å². The van der Waals surface area contributed by atoms with Crippen molar-refractivity contribution < 1.29 is 14.3 Å². The summed E-state index contributed by atoms with van der Waals surface area (Å²) in [5.74, 6) is 0.600. The molecule has 1 aliphatic rings. The zero-order chi connectivity index (χ0) is 20.1. The van der Waals surface area contributed by atoms with E-state index in [1.165, 1.54) is 12.3 Å². The first-order valence-electron chi connectivity index (χ1n) is 9.08. The van der Waals surface area contributed by atoms with E-state index in [1.54, 1.807) is 4.90 Å². The van der Waals surface area contributed by atoms with E-state index in [9.17, 15) is 4.79 Å². The maximum Gasteiger partial charge on any atom is 0.410 e. The molecule has 0 unspecified atom stereocenters. The van der Waals surface area contributed by atoms with E-state index in [4.69, 9.17) is 14.7 Å². The molecule has 1 aliphatic heterocycles. The number of amides is 1. The maximum absolute atomic E-state index is 12.2. The molecule has 0 N–H and O–H groups in total. The zero-order valence-electron chi connectivity index (χ0n) is 16.3. The van der Waals surface area contributed by atoms with Crippen LogP contribution in [0.5, 0.6) is 11.8 Å². The molecule has 0 radical (unpaired) electrons. The highest BCUT2D eigenvalue weighted by molar-refractivity contribution is 5.69. The van der Waals surface area contributed by atoms with Gasteiger partial charge in [0.05, 0.1) is 5.69 Å². The monoisotopic (exact) mass is 381 g/mol. The van der Waals surface area contributed by atoms with Gasteiger partial charge in [-0.1, -0.05) is 12.1 Å². The summed E-state index contributed by atoms with van der Waals surface area (Å²) in [7, 11) is 0. The van der Waals surface area contributed by atoms with Gasteiger partial charge in [-0.25, -0.2) is 9.78 Å². The number of nitriles is 1. The van der Waals surface area contributed by atoms with Gasteiger partial charge in [0.1, 0.15) is 17.4 Å². The molecule has 1 aromatic heterocycles. The number of ether oxygens (including phenoxy) is 2. The van der Waals surface area contributed by atoms with Crippen LogP contribution < -0.4 is 9.64 Å². The predicted octanol–water partition coefficient (Wildman–Crippen LogP) is 3.20. The molecule has 2 heterocycles. The first kappa shape index (κ1) is 19.4. The average molecular weight is 381 g/mol. The van der Waals surface area contributed by atoms with Crippen LogP contribution in [-0.2, 0) is 4.74 Å². The topological polar surface area (TPSA) is 91.6 Å². The molecule has 2 aromatic rings. The fraction of sp³-hybridized carbons (Fsp3) is 0.400. The van der Waals surface area contributed by atoms with Gasteiger partial charge < -0.3 is 19.3 Å². The van der Waals surface area contributed by atoms with Crippen LogP contribution in [0.15, 0.2) is 36.5 Å². The number of piperazine rings is 1. The Morgan fingerprint density at radius 2 is 1.86 bits per heavy atom. The van der Waals surface area contributed by atoms with Gasteiger partial charge in [0, 0.05) is 32.4 Å². The lowest BCUT2D eigenvalue weighted by atomic mass is 10.2. The van der Waals surface area contributed by atoms with Crippen molar-refractivity contribution in [3.05, 3.63) is 42.2 Å². The molecule has 1 amide bonds. The molecule has 1 saturated heterocycles. The lowest BCUT2D eigenvalue weighted by Crippen LogP contribution is -2.50. The SMILES string of the molecule is CC(C)(C)OC(=O)N1CCN(c2ccccc2Oc2nccc(C#N)n2)CC1. The molecule has 0 spiro atoms. The smallest absolute Gasteiger partial charge is 0.410 e. The normalized spacial score (nSPS) is 14.4. The molecule has 3 rings (SSSR count). The fourth-order valence-electron chi connectivity index (χ4n) is 2.81. The van der Waals surface area contributed by atoms with E-state index >= 15 is 0 Å². The number of nitrogens with zero attached hydrogens (tertiary/aromatic N) is 5. The third kappa shape index (κ3) is 4.88. The Morgan fingerprint density at radius 1 is 1.14 bits per heavy atom. The van der Waals surface area contributed by atoms with Crippen molar-refractivity contribution in [2.75, 3.05) is 31.1 Å². The maximum atomic E-state index is 12.2. The van der Waals surface area contributed by atoms with Crippen LogP contribution in [0.1, 0.15) is 26.5 Å². The molecule has 1 aromatic carbocycles. The van der Waals surface area contributed by atoms with Crippen molar-refractivity contribution in [1.82, 2.24) is 14.9 Å². The average Bonchev–Trinajstić information content (AvgIpc) is 2.67. The summed E-state index contributed by atoms with van der Waals surface area (Å²) < 4.78 is 11.3. The molecule has 1 fully saturated rings. The van der Waals surface area contributed by atoms with Gasteiger partial charge in [0.2, 0.25) is 0 Å². The molecule has 8 heteroatoms. The summed E-state index contributed by atoms with van der Waals surface area (Å²) in [5, 5.41) is 8.98. The second kappa shape index (κ2) is 8.13. The van der Waals surface area contributed by atoms with Gasteiger partial charge in [-0.15, -0.1) is 0 Å². The molecule has 0 saturated carbocycles. The Kier molecular flexibility index (Phi) is 5.64. The highest BCUT2D eigenvalue weighted by Crippen LogP contribution is 2.31. The van der Waals surface area contributed by atoms with Gasteiger partial charge in [0.15, 0.2) is 5.75 Å². The Bertz CT molecular complexity index is 880. The quantitative estimate of drug-likeness (QED) is 0.806. The van der Waals surface area contributed by atoms with Crippen LogP contribution in [0.25, 0.3) is 0 Å². The number of rotatable bonds is 3. The molecule has 28 heavy (non-hydrogen) atoms. The van der Waals surface area contributed by atoms with E-state index < -0.39 is 5.60 Å². The molecular formula is C20H23N5O3. The lowest BCUT2D eigenvalue weighted by Gasteiger charge is -2.37. The number of carbonyl (C=O) groups excluding carboxylic acids is 1. The van der Waals surface area contributed by atoms with Gasteiger partial charge >= 0.3 is 12.1 Å². The van der Waals surface area contributed by atoms with Crippen LogP contribution >= 0.6 is 0 Å². The Balaban J connectivity index is 1.69. The third-order valence-electron chi connectivity index (χ3n) is 4.09. The molecular weight excluding hydrogens is 358 g/mol. The summed E-state index contributed by atoms with van der Waals surface area (Å²) in [6, 6.07) is 11.2. The number of anilines is 1. The van der Waals surface area contributed by atoms with Gasteiger partial charge in [-0.2, -0.15) is 10.2 Å². The molecule has 0 bridgehead atoms. The van der Waals surface area contributed by atoms with E-state index in [2.05, 4.69) is 14.9 Å². The highest BCUT2D eigenvalue weighted by Gasteiger charge is 2.27. The summed E-state index contributed by atoms with van der Waals surface area (Å²) >= 11 is 0. The minimum absolute atomic E-state index is 0.124. The van der Waals surface area contributed by atoms with Crippen molar-refractivity contribution >= 4 is 11.8 Å². The predicted molar refractivity (Wildman–Crippen MR) is 103 cm³/mol. The molecule has 0 atom stereocenters. The fourth-order valence-corrected chi connectivity index (χ4v) is 2.81. The standard InChI is InChI=1S/C20H23N5O3/c1-20(2,3)28-19(26)25-12-10-24(11-13-25)16-6-4-5-7-17(16)27-18-22-9-8-15(14-21)23-18/h4-9H,10-13H2,1-3H3. The number of carbonyl (C=O) groups is 1. The third-order valence-corrected chi connectivity index (χ3v) is 4.09. The van der Waals surface area contributed by atoms with Crippen molar-refractivity contribution in [3.8, 4) is 17.8 Å². The van der Waals surface area contributed by atoms with E-state index in [-0.39, 0.29) is 17.8 Å². The van der Waals surface area contributed by atoms with Gasteiger partial charge in [0.25, 0.3) is 0 Å². The van der Waals surface area contributed by atoms with E-state index in [0.29, 0.717) is 31.9 Å². The van der Waals surface area contributed by atoms with Crippen molar-refractivity contribution in [2.45, 2.75) is 26.4 Å². The number of hydrogen-bond acceptors (Lipinski definition) is 7. The Labute approximate surface area is 164 Å². The summed E-state index contributed by atoms with van der Waals surface area (Å²) in [5.41, 5.74) is 0.623. The zero-order valence-corrected chi connectivity index (χ0v) is 16.3. The minimum Gasteiger partial charge on any atom is -0.444 e. The molecule has 146 valence electrons.